The van der Waals surface area contributed by atoms with Crippen LogP contribution in [0.2, 0.25) is 0 Å². The highest BCUT2D eigenvalue weighted by Gasteiger charge is 2.15. The van der Waals surface area contributed by atoms with Crippen LogP contribution in [0, 0.1) is 0 Å². The van der Waals surface area contributed by atoms with Gasteiger partial charge in [-0.05, 0) is 46.9 Å². The van der Waals surface area contributed by atoms with Crippen molar-refractivity contribution in [3.05, 3.63) is 72.3 Å². The molecule has 0 aliphatic heterocycles. The monoisotopic (exact) mass is 319 g/mol. The molecule has 122 valence electrons. The number of nitrogens with two attached hydrogens (primary N) is 1. The Bertz CT molecular complexity index is 857. The lowest BCUT2D eigenvalue weighted by Crippen LogP contribution is -2.34. The minimum absolute atomic E-state index is 0.351. The summed E-state index contributed by atoms with van der Waals surface area (Å²) in [4.78, 5) is 11.7. The van der Waals surface area contributed by atoms with Crippen LogP contribution in [0.5, 0.6) is 0 Å². The topological polar surface area (TPSA) is 52.3 Å². The van der Waals surface area contributed by atoms with Crippen molar-refractivity contribution in [3.63, 3.8) is 0 Å². The fraction of sp³-hybridized carbons (Fsp3) is 0.190. The van der Waals surface area contributed by atoms with E-state index in [0.29, 0.717) is 13.0 Å². The Morgan fingerprint density at radius 3 is 2.50 bits per heavy atom. The highest BCUT2D eigenvalue weighted by molar-refractivity contribution is 5.87. The van der Waals surface area contributed by atoms with Gasteiger partial charge in [0.2, 0.25) is 0 Å². The summed E-state index contributed by atoms with van der Waals surface area (Å²) in [5, 5.41) is 2.44. The minimum atomic E-state index is -0.628. The molecule has 1 unspecified atom stereocenters. The molecule has 2 N–H and O–H groups in total. The second kappa shape index (κ2) is 7.28. The van der Waals surface area contributed by atoms with Gasteiger partial charge in [0, 0.05) is 0 Å². The predicted molar refractivity (Wildman–Crippen MR) is 97.7 cm³/mol. The van der Waals surface area contributed by atoms with Crippen molar-refractivity contribution in [2.75, 3.05) is 6.61 Å². The van der Waals surface area contributed by atoms with Gasteiger partial charge in [-0.3, -0.25) is 4.79 Å². The number of esters is 1. The second-order valence-electron chi connectivity index (χ2n) is 5.82. The Kier molecular flexibility index (Phi) is 4.92. The van der Waals surface area contributed by atoms with Gasteiger partial charge in [-0.2, -0.15) is 0 Å². The molecular weight excluding hydrogens is 298 g/mol. The van der Waals surface area contributed by atoms with Gasteiger partial charge in [-0.25, -0.2) is 0 Å². The normalized spacial score (nSPS) is 12.1. The van der Waals surface area contributed by atoms with Crippen molar-refractivity contribution in [2.45, 2.75) is 19.4 Å². The molecule has 0 radical (unpaired) electrons. The molecule has 0 saturated carbocycles. The summed E-state index contributed by atoms with van der Waals surface area (Å²) in [6.45, 7) is 2.13. The standard InChI is InChI=1S/C21H21NO2/c1-2-24-21(23)20(22)13-15-6-5-9-17(12-15)19-11-10-16-7-3-4-8-18(16)14-19/h3-12,14,20H,2,13,22H2,1H3. The van der Waals surface area contributed by atoms with Gasteiger partial charge in [-0.1, -0.05) is 60.7 Å². The van der Waals surface area contributed by atoms with E-state index in [4.69, 9.17) is 10.5 Å². The van der Waals surface area contributed by atoms with Crippen LogP contribution in [-0.2, 0) is 16.0 Å². The number of ether oxygens (including phenoxy) is 1. The second-order valence-corrected chi connectivity index (χ2v) is 5.82. The molecule has 3 rings (SSSR count). The number of benzene rings is 3. The molecule has 1 atom stereocenters. The highest BCUT2D eigenvalue weighted by atomic mass is 16.5. The molecule has 3 nitrogen and oxygen atoms in total. The Hall–Kier alpha value is -2.65. The van der Waals surface area contributed by atoms with Crippen LogP contribution in [0.4, 0.5) is 0 Å². The van der Waals surface area contributed by atoms with Crippen LogP contribution < -0.4 is 5.73 Å². The van der Waals surface area contributed by atoms with E-state index < -0.39 is 6.04 Å². The molecule has 0 amide bonds. The zero-order chi connectivity index (χ0) is 16.9. The van der Waals surface area contributed by atoms with Crippen molar-refractivity contribution in [1.29, 1.82) is 0 Å². The summed E-state index contributed by atoms with van der Waals surface area (Å²) in [6, 6.07) is 22.2. The van der Waals surface area contributed by atoms with Gasteiger partial charge in [0.05, 0.1) is 6.61 Å². The fourth-order valence-electron chi connectivity index (χ4n) is 2.83. The van der Waals surface area contributed by atoms with Crippen LogP contribution in [0.3, 0.4) is 0 Å². The van der Waals surface area contributed by atoms with Crippen LogP contribution in [0.15, 0.2) is 66.7 Å². The molecule has 0 spiro atoms. The van der Waals surface area contributed by atoms with E-state index in [1.807, 2.05) is 24.3 Å². The third-order valence-corrected chi connectivity index (χ3v) is 4.05. The average Bonchev–Trinajstić information content (AvgIpc) is 2.61. The molecule has 0 aromatic heterocycles. The van der Waals surface area contributed by atoms with Crippen LogP contribution in [-0.4, -0.2) is 18.6 Å². The zero-order valence-electron chi connectivity index (χ0n) is 13.7. The van der Waals surface area contributed by atoms with Crippen molar-refractivity contribution in [3.8, 4) is 11.1 Å². The van der Waals surface area contributed by atoms with E-state index in [1.165, 1.54) is 10.8 Å². The van der Waals surface area contributed by atoms with Gasteiger partial charge >= 0.3 is 5.97 Å². The van der Waals surface area contributed by atoms with Gasteiger partial charge in [0.25, 0.3) is 0 Å². The van der Waals surface area contributed by atoms with Crippen molar-refractivity contribution in [1.82, 2.24) is 0 Å². The fourth-order valence-corrected chi connectivity index (χ4v) is 2.83. The molecule has 0 aliphatic carbocycles. The molecule has 0 saturated heterocycles. The summed E-state index contributed by atoms with van der Waals surface area (Å²) >= 11 is 0. The van der Waals surface area contributed by atoms with Crippen LogP contribution in [0.25, 0.3) is 21.9 Å². The third-order valence-electron chi connectivity index (χ3n) is 4.05. The summed E-state index contributed by atoms with van der Waals surface area (Å²) in [5.74, 6) is -0.353. The van der Waals surface area contributed by atoms with E-state index >= 15 is 0 Å². The number of hydrogen-bond donors (Lipinski definition) is 1. The zero-order valence-corrected chi connectivity index (χ0v) is 13.7. The number of hydrogen-bond acceptors (Lipinski definition) is 3. The van der Waals surface area contributed by atoms with E-state index in [1.54, 1.807) is 6.92 Å². The van der Waals surface area contributed by atoms with E-state index in [2.05, 4.69) is 42.5 Å². The molecule has 3 aromatic carbocycles. The third kappa shape index (κ3) is 3.63. The first-order valence-corrected chi connectivity index (χ1v) is 8.17. The quantitative estimate of drug-likeness (QED) is 0.725. The molecule has 24 heavy (non-hydrogen) atoms. The van der Waals surface area contributed by atoms with Gasteiger partial charge in [0.15, 0.2) is 0 Å². The van der Waals surface area contributed by atoms with Gasteiger partial charge < -0.3 is 10.5 Å². The summed E-state index contributed by atoms with van der Waals surface area (Å²) in [7, 11) is 0. The van der Waals surface area contributed by atoms with E-state index in [0.717, 1.165) is 16.7 Å². The first-order chi connectivity index (χ1) is 11.7. The molecule has 0 heterocycles. The van der Waals surface area contributed by atoms with Gasteiger partial charge in [-0.15, -0.1) is 0 Å². The predicted octanol–water partition coefficient (Wildman–Crippen LogP) is 3.94. The van der Waals surface area contributed by atoms with Crippen molar-refractivity contribution < 1.29 is 9.53 Å². The largest absolute Gasteiger partial charge is 0.465 e. The maximum absolute atomic E-state index is 11.7. The lowest BCUT2D eigenvalue weighted by atomic mass is 9.98. The van der Waals surface area contributed by atoms with Gasteiger partial charge in [0.1, 0.15) is 6.04 Å². The Morgan fingerprint density at radius 1 is 0.958 bits per heavy atom. The van der Waals surface area contributed by atoms with E-state index in [-0.39, 0.29) is 5.97 Å². The number of carbonyl (C=O) groups excluding carboxylic acids is 1. The lowest BCUT2D eigenvalue weighted by Gasteiger charge is -2.12. The molecule has 3 aromatic rings. The number of rotatable bonds is 5. The number of carbonyl (C=O) groups is 1. The first kappa shape index (κ1) is 16.2. The van der Waals surface area contributed by atoms with E-state index in [9.17, 15) is 4.79 Å². The number of fused-ring (bicyclic) bond motifs is 1. The molecule has 3 heteroatoms. The molecule has 0 fully saturated rings. The molecular formula is C21H21NO2. The Balaban J connectivity index is 1.85. The maximum atomic E-state index is 11.7. The van der Waals surface area contributed by atoms with Crippen molar-refractivity contribution in [2.24, 2.45) is 5.73 Å². The van der Waals surface area contributed by atoms with Crippen molar-refractivity contribution >= 4 is 16.7 Å². The SMILES string of the molecule is CCOC(=O)C(N)Cc1cccc(-c2ccc3ccccc3c2)c1. The van der Waals surface area contributed by atoms with Crippen LogP contribution >= 0.6 is 0 Å². The average molecular weight is 319 g/mol. The summed E-state index contributed by atoms with van der Waals surface area (Å²) in [6.07, 6.45) is 0.472. The molecule has 0 aliphatic rings. The summed E-state index contributed by atoms with van der Waals surface area (Å²) in [5.41, 5.74) is 9.23. The highest BCUT2D eigenvalue weighted by Crippen LogP contribution is 2.25. The first-order valence-electron chi connectivity index (χ1n) is 8.17. The minimum Gasteiger partial charge on any atom is -0.465 e. The maximum Gasteiger partial charge on any atom is 0.323 e. The Morgan fingerprint density at radius 2 is 1.71 bits per heavy atom. The smallest absolute Gasteiger partial charge is 0.323 e. The summed E-state index contributed by atoms with van der Waals surface area (Å²) < 4.78 is 4.98. The lowest BCUT2D eigenvalue weighted by molar-refractivity contribution is -0.144. The van der Waals surface area contributed by atoms with Crippen LogP contribution in [0.1, 0.15) is 12.5 Å². The molecule has 0 bridgehead atoms. The Labute approximate surface area is 142 Å².